The summed E-state index contributed by atoms with van der Waals surface area (Å²) in [5.74, 6) is 3.05. The fourth-order valence-corrected chi connectivity index (χ4v) is 3.74. The van der Waals surface area contributed by atoms with Crippen LogP contribution in [-0.2, 0) is 0 Å². The van der Waals surface area contributed by atoms with Gasteiger partial charge in [-0.05, 0) is 43.2 Å². The maximum atomic E-state index is 12.5. The maximum absolute atomic E-state index is 12.5. The van der Waals surface area contributed by atoms with Gasteiger partial charge in [-0.15, -0.1) is 5.10 Å². The van der Waals surface area contributed by atoms with Crippen LogP contribution in [0.2, 0.25) is 0 Å². The van der Waals surface area contributed by atoms with Crippen LogP contribution in [0.1, 0.15) is 34.9 Å². The highest BCUT2D eigenvalue weighted by Gasteiger charge is 2.30. The van der Waals surface area contributed by atoms with E-state index in [1.54, 1.807) is 18.2 Å². The molecule has 7 heteroatoms. The van der Waals surface area contributed by atoms with Gasteiger partial charge in [0.2, 0.25) is 11.9 Å². The Kier molecular flexibility index (Phi) is 4.09. The van der Waals surface area contributed by atoms with E-state index >= 15 is 0 Å². The van der Waals surface area contributed by atoms with Crippen LogP contribution in [0, 0.1) is 0 Å². The number of aromatic nitrogens is 3. The molecule has 1 saturated carbocycles. The zero-order valence-electron chi connectivity index (χ0n) is 14.5. The lowest BCUT2D eigenvalue weighted by Crippen LogP contribution is -2.03. The zero-order valence-corrected chi connectivity index (χ0v) is 15.3. The number of para-hydroxylation sites is 1. The van der Waals surface area contributed by atoms with Crippen molar-refractivity contribution in [3.8, 4) is 17.2 Å². The molecule has 1 fully saturated rings. The number of nitrogens with zero attached hydrogens (tertiary/aromatic N) is 3. The van der Waals surface area contributed by atoms with Gasteiger partial charge >= 0.3 is 0 Å². The Morgan fingerprint density at radius 2 is 1.93 bits per heavy atom. The van der Waals surface area contributed by atoms with Gasteiger partial charge in [-0.1, -0.05) is 30.0 Å². The van der Waals surface area contributed by atoms with Crippen LogP contribution in [0.3, 0.4) is 0 Å². The van der Waals surface area contributed by atoms with E-state index in [1.165, 1.54) is 11.8 Å². The number of rotatable bonds is 6. The van der Waals surface area contributed by atoms with Gasteiger partial charge < -0.3 is 9.47 Å². The number of hydrogen-bond donors (Lipinski definition) is 0. The highest BCUT2D eigenvalue weighted by Crippen LogP contribution is 2.40. The standard InChI is InChI=1S/C20H17N3O3S/c24-16(14-8-9-17-18(10-14)26-12-25-17)11-27-20-21-19(13-6-7-13)23(22-20)15-4-2-1-3-5-15/h1-5,8-10,13H,6-7,11-12H2. The molecule has 136 valence electrons. The van der Waals surface area contributed by atoms with E-state index in [1.807, 2.05) is 35.0 Å². The summed E-state index contributed by atoms with van der Waals surface area (Å²) in [5, 5.41) is 5.27. The number of carbonyl (C=O) groups excluding carboxylic acids is 1. The fourth-order valence-electron chi connectivity index (χ4n) is 3.01. The molecule has 0 radical (unpaired) electrons. The van der Waals surface area contributed by atoms with Gasteiger partial charge in [0.15, 0.2) is 17.3 Å². The van der Waals surface area contributed by atoms with Crippen LogP contribution in [-0.4, -0.2) is 33.1 Å². The normalized spacial score (nSPS) is 15.1. The monoisotopic (exact) mass is 379 g/mol. The van der Waals surface area contributed by atoms with Crippen molar-refractivity contribution in [2.75, 3.05) is 12.5 Å². The number of Topliss-reactive ketones (excluding diaryl/α,β-unsaturated/α-hetero) is 1. The molecule has 2 aliphatic rings. The molecule has 0 amide bonds. The van der Waals surface area contributed by atoms with E-state index in [0.29, 0.717) is 28.1 Å². The van der Waals surface area contributed by atoms with Crippen LogP contribution in [0.25, 0.3) is 5.69 Å². The molecular weight excluding hydrogens is 362 g/mol. The van der Waals surface area contributed by atoms with Crippen molar-refractivity contribution in [2.45, 2.75) is 23.9 Å². The number of ketones is 1. The SMILES string of the molecule is O=C(CSc1nc(C2CC2)n(-c2ccccc2)n1)c1ccc2c(c1)OCO2. The maximum Gasteiger partial charge on any atom is 0.231 e. The van der Waals surface area contributed by atoms with Gasteiger partial charge in [-0.3, -0.25) is 4.79 Å². The molecule has 0 bridgehead atoms. The van der Waals surface area contributed by atoms with Gasteiger partial charge in [0.05, 0.1) is 11.4 Å². The summed E-state index contributed by atoms with van der Waals surface area (Å²) in [6, 6.07) is 15.3. The highest BCUT2D eigenvalue weighted by molar-refractivity contribution is 7.99. The lowest BCUT2D eigenvalue weighted by Gasteiger charge is -2.03. The largest absolute Gasteiger partial charge is 0.454 e. The highest BCUT2D eigenvalue weighted by atomic mass is 32.2. The van der Waals surface area contributed by atoms with Crippen molar-refractivity contribution >= 4 is 17.5 Å². The lowest BCUT2D eigenvalue weighted by atomic mass is 10.1. The molecule has 2 aromatic carbocycles. The summed E-state index contributed by atoms with van der Waals surface area (Å²) in [7, 11) is 0. The summed E-state index contributed by atoms with van der Waals surface area (Å²) in [6.07, 6.45) is 2.29. The van der Waals surface area contributed by atoms with Gasteiger partial charge in [0, 0.05) is 11.5 Å². The first-order valence-electron chi connectivity index (χ1n) is 8.86. The molecule has 3 aromatic rings. The second-order valence-electron chi connectivity index (χ2n) is 6.55. The number of carbonyl (C=O) groups is 1. The molecule has 0 unspecified atom stereocenters. The van der Waals surface area contributed by atoms with Gasteiger partial charge in [-0.2, -0.15) is 0 Å². The third-order valence-corrected chi connectivity index (χ3v) is 5.42. The quantitative estimate of drug-likeness (QED) is 0.479. The van der Waals surface area contributed by atoms with E-state index < -0.39 is 0 Å². The van der Waals surface area contributed by atoms with Crippen LogP contribution in [0.4, 0.5) is 0 Å². The minimum Gasteiger partial charge on any atom is -0.454 e. The Labute approximate surface area is 160 Å². The predicted octanol–water partition coefficient (Wildman–Crippen LogP) is 3.85. The smallest absolute Gasteiger partial charge is 0.231 e. The number of thioether (sulfide) groups is 1. The van der Waals surface area contributed by atoms with Crippen molar-refractivity contribution in [3.05, 3.63) is 59.9 Å². The zero-order chi connectivity index (χ0) is 18.2. The molecule has 0 spiro atoms. The van der Waals surface area contributed by atoms with E-state index in [4.69, 9.17) is 9.47 Å². The molecule has 0 atom stereocenters. The molecule has 27 heavy (non-hydrogen) atoms. The van der Waals surface area contributed by atoms with E-state index in [2.05, 4.69) is 10.1 Å². The Morgan fingerprint density at radius 3 is 2.74 bits per heavy atom. The van der Waals surface area contributed by atoms with Gasteiger partial charge in [-0.25, -0.2) is 9.67 Å². The third-order valence-electron chi connectivity index (χ3n) is 4.58. The summed E-state index contributed by atoms with van der Waals surface area (Å²) in [5.41, 5.74) is 1.61. The van der Waals surface area contributed by atoms with Crippen molar-refractivity contribution in [1.29, 1.82) is 0 Å². The molecule has 5 rings (SSSR count). The number of benzene rings is 2. The van der Waals surface area contributed by atoms with E-state index in [0.717, 1.165) is 24.4 Å². The Bertz CT molecular complexity index is 999. The summed E-state index contributed by atoms with van der Waals surface area (Å²) in [4.78, 5) is 17.2. The van der Waals surface area contributed by atoms with Crippen LogP contribution in [0.5, 0.6) is 11.5 Å². The minimum absolute atomic E-state index is 0.0160. The molecule has 1 aliphatic carbocycles. The van der Waals surface area contributed by atoms with Gasteiger partial charge in [0.25, 0.3) is 0 Å². The number of hydrogen-bond acceptors (Lipinski definition) is 6. The Balaban J connectivity index is 1.33. The molecule has 0 N–H and O–H groups in total. The van der Waals surface area contributed by atoms with E-state index in [9.17, 15) is 4.79 Å². The molecule has 1 aromatic heterocycles. The average Bonchev–Trinajstić information content (AvgIpc) is 3.29. The van der Waals surface area contributed by atoms with Crippen molar-refractivity contribution in [3.63, 3.8) is 0 Å². The first-order valence-corrected chi connectivity index (χ1v) is 9.84. The summed E-state index contributed by atoms with van der Waals surface area (Å²) in [6.45, 7) is 0.201. The minimum atomic E-state index is 0.0160. The van der Waals surface area contributed by atoms with Crippen LogP contribution >= 0.6 is 11.8 Å². The first kappa shape index (κ1) is 16.4. The fraction of sp³-hybridized carbons (Fsp3) is 0.250. The molecule has 1 aliphatic heterocycles. The molecule has 0 saturated heterocycles. The van der Waals surface area contributed by atoms with Crippen LogP contribution < -0.4 is 9.47 Å². The second kappa shape index (κ2) is 6.74. The summed E-state index contributed by atoms with van der Waals surface area (Å²) < 4.78 is 12.5. The van der Waals surface area contributed by atoms with E-state index in [-0.39, 0.29) is 18.3 Å². The van der Waals surface area contributed by atoms with Gasteiger partial charge in [0.1, 0.15) is 5.82 Å². The predicted molar refractivity (Wildman–Crippen MR) is 101 cm³/mol. The van der Waals surface area contributed by atoms with Crippen molar-refractivity contribution < 1.29 is 14.3 Å². The molecular formula is C20H17N3O3S. The van der Waals surface area contributed by atoms with Crippen LogP contribution in [0.15, 0.2) is 53.7 Å². The Hall–Kier alpha value is -2.80. The number of fused-ring (bicyclic) bond motifs is 1. The average molecular weight is 379 g/mol. The number of ether oxygens (including phenoxy) is 2. The van der Waals surface area contributed by atoms with Crippen molar-refractivity contribution in [1.82, 2.24) is 14.8 Å². The second-order valence-corrected chi connectivity index (χ2v) is 7.50. The third kappa shape index (κ3) is 3.30. The summed E-state index contributed by atoms with van der Waals surface area (Å²) >= 11 is 1.37. The topological polar surface area (TPSA) is 66.2 Å². The molecule has 2 heterocycles. The Morgan fingerprint density at radius 1 is 1.11 bits per heavy atom. The van der Waals surface area contributed by atoms with Crippen molar-refractivity contribution in [2.24, 2.45) is 0 Å². The first-order chi connectivity index (χ1) is 13.3. The lowest BCUT2D eigenvalue weighted by molar-refractivity contribution is 0.102. The molecule has 6 nitrogen and oxygen atoms in total.